The highest BCUT2D eigenvalue weighted by Gasteiger charge is 2.27. The third-order valence-electron chi connectivity index (χ3n) is 11.6. The second-order valence-corrected chi connectivity index (χ2v) is 18.7. The SMILES string of the molecule is CCCCCCCCCCCCCCCCCCCCC/C=C/C(O)C(CS(=O)(=O)O)NC(=O)C(O)CCCCCCCCCCCCCCCCCCCC. The number of hydrogen-bond donors (Lipinski definition) is 4. The Labute approximate surface area is 348 Å². The summed E-state index contributed by atoms with van der Waals surface area (Å²) in [6, 6.07) is -1.23. The van der Waals surface area contributed by atoms with Crippen LogP contribution in [0.2, 0.25) is 0 Å². The van der Waals surface area contributed by atoms with Crippen molar-refractivity contribution in [2.24, 2.45) is 0 Å². The highest BCUT2D eigenvalue weighted by molar-refractivity contribution is 7.85. The lowest BCUT2D eigenvalue weighted by Crippen LogP contribution is -2.50. The van der Waals surface area contributed by atoms with Crippen LogP contribution in [0.15, 0.2) is 12.2 Å². The van der Waals surface area contributed by atoms with Gasteiger partial charge in [-0.15, -0.1) is 0 Å². The van der Waals surface area contributed by atoms with Crippen molar-refractivity contribution in [2.45, 2.75) is 283 Å². The van der Waals surface area contributed by atoms with Gasteiger partial charge in [-0.3, -0.25) is 9.35 Å². The smallest absolute Gasteiger partial charge is 0.267 e. The monoisotopic (exact) mass is 814 g/mol. The molecule has 0 aromatic rings. The minimum Gasteiger partial charge on any atom is -0.387 e. The van der Waals surface area contributed by atoms with Crippen LogP contribution >= 0.6 is 0 Å². The first kappa shape index (κ1) is 55.0. The lowest BCUT2D eigenvalue weighted by Gasteiger charge is -2.22. The third kappa shape index (κ3) is 41.2. The number of carbonyl (C=O) groups is 1. The molecule has 0 bridgehead atoms. The molecule has 0 aliphatic carbocycles. The minimum absolute atomic E-state index is 0.286. The van der Waals surface area contributed by atoms with Gasteiger partial charge in [0.05, 0.1) is 17.9 Å². The topological polar surface area (TPSA) is 124 Å². The number of carbonyl (C=O) groups excluding carboxylic acids is 1. The zero-order valence-corrected chi connectivity index (χ0v) is 38.0. The van der Waals surface area contributed by atoms with E-state index in [1.54, 1.807) is 0 Å². The van der Waals surface area contributed by atoms with Crippen LogP contribution in [0.3, 0.4) is 0 Å². The normalized spacial score (nSPS) is 13.7. The number of unbranched alkanes of at least 4 members (excludes halogenated alkanes) is 36. The maximum Gasteiger partial charge on any atom is 0.267 e. The lowest BCUT2D eigenvalue weighted by molar-refractivity contribution is -0.130. The van der Waals surface area contributed by atoms with Gasteiger partial charge in [0, 0.05) is 0 Å². The van der Waals surface area contributed by atoms with Gasteiger partial charge >= 0.3 is 0 Å². The second kappa shape index (κ2) is 42.2. The highest BCUT2D eigenvalue weighted by Crippen LogP contribution is 2.17. The summed E-state index contributed by atoms with van der Waals surface area (Å²) in [6.07, 6.45) is 49.9. The highest BCUT2D eigenvalue weighted by atomic mass is 32.2. The fourth-order valence-electron chi connectivity index (χ4n) is 7.81. The van der Waals surface area contributed by atoms with Gasteiger partial charge in [0.25, 0.3) is 10.1 Å². The Hall–Kier alpha value is -0.960. The van der Waals surface area contributed by atoms with Gasteiger partial charge in [0.1, 0.15) is 6.10 Å². The molecule has 0 fully saturated rings. The van der Waals surface area contributed by atoms with E-state index >= 15 is 0 Å². The van der Waals surface area contributed by atoms with Crippen LogP contribution < -0.4 is 5.32 Å². The average molecular weight is 814 g/mol. The van der Waals surface area contributed by atoms with Crippen LogP contribution in [-0.2, 0) is 14.9 Å². The molecule has 3 atom stereocenters. The predicted octanol–water partition coefficient (Wildman–Crippen LogP) is 13.9. The fourth-order valence-corrected chi connectivity index (χ4v) is 8.55. The number of rotatable bonds is 45. The van der Waals surface area contributed by atoms with E-state index in [9.17, 15) is 28.0 Å². The first-order valence-corrected chi connectivity index (χ1v) is 26.1. The molecule has 0 heterocycles. The zero-order valence-electron chi connectivity index (χ0n) is 37.1. The van der Waals surface area contributed by atoms with E-state index < -0.39 is 40.0 Å². The molecule has 0 rings (SSSR count). The van der Waals surface area contributed by atoms with Crippen molar-refractivity contribution in [3.8, 4) is 0 Å². The molecule has 0 radical (unpaired) electrons. The average Bonchev–Trinajstić information content (AvgIpc) is 3.17. The van der Waals surface area contributed by atoms with Crippen molar-refractivity contribution in [1.29, 1.82) is 0 Å². The van der Waals surface area contributed by atoms with Crippen LogP contribution in [0.5, 0.6) is 0 Å². The van der Waals surface area contributed by atoms with E-state index in [4.69, 9.17) is 0 Å². The summed E-state index contributed by atoms with van der Waals surface area (Å²) < 4.78 is 32.7. The fraction of sp³-hybridized carbons (Fsp3) is 0.938. The Morgan fingerprint density at radius 3 is 1.07 bits per heavy atom. The molecule has 0 saturated heterocycles. The van der Waals surface area contributed by atoms with Crippen molar-refractivity contribution in [2.75, 3.05) is 5.75 Å². The number of nitrogens with one attached hydrogen (secondary N) is 1. The standard InChI is InChI=1S/C48H95NO6S/c1-3-5-7-9-11-13-15-17-19-21-23-24-25-27-28-30-32-34-36-38-40-42-46(50)45(44-56(53,54)55)49-48(52)47(51)43-41-39-37-35-33-31-29-26-22-20-18-16-14-12-10-8-6-4-2/h40,42,45-47,50-51H,3-39,41,43-44H2,1-2H3,(H,49,52)(H,53,54,55)/b42-40+. The Morgan fingerprint density at radius 1 is 0.482 bits per heavy atom. The van der Waals surface area contributed by atoms with Gasteiger partial charge in [-0.2, -0.15) is 8.42 Å². The molecular formula is C48H95NO6S. The molecule has 8 heteroatoms. The molecule has 7 nitrogen and oxygen atoms in total. The first-order chi connectivity index (χ1) is 27.2. The molecule has 1 amide bonds. The molecule has 0 spiro atoms. The van der Waals surface area contributed by atoms with E-state index in [0.717, 1.165) is 38.5 Å². The number of amides is 1. The molecule has 56 heavy (non-hydrogen) atoms. The summed E-state index contributed by atoms with van der Waals surface area (Å²) in [5.41, 5.74) is 0. The van der Waals surface area contributed by atoms with Gasteiger partial charge in [0.2, 0.25) is 5.91 Å². The van der Waals surface area contributed by atoms with Crippen molar-refractivity contribution >= 4 is 16.0 Å². The van der Waals surface area contributed by atoms with Gasteiger partial charge in [-0.05, 0) is 19.3 Å². The predicted molar refractivity (Wildman–Crippen MR) is 241 cm³/mol. The van der Waals surface area contributed by atoms with E-state index in [1.807, 2.05) is 6.08 Å². The zero-order chi connectivity index (χ0) is 41.2. The van der Waals surface area contributed by atoms with Gasteiger partial charge in [0.15, 0.2) is 0 Å². The van der Waals surface area contributed by atoms with Crippen molar-refractivity contribution in [3.05, 3.63) is 12.2 Å². The number of allylic oxidation sites excluding steroid dienone is 1. The Kier molecular flexibility index (Phi) is 41.5. The summed E-state index contributed by atoms with van der Waals surface area (Å²) in [6.45, 7) is 4.54. The van der Waals surface area contributed by atoms with Gasteiger partial charge in [-0.25, -0.2) is 0 Å². The Bertz CT molecular complexity index is 957. The first-order valence-electron chi connectivity index (χ1n) is 24.5. The van der Waals surface area contributed by atoms with Crippen molar-refractivity contribution in [1.82, 2.24) is 5.32 Å². The van der Waals surface area contributed by atoms with E-state index in [-0.39, 0.29) is 6.42 Å². The number of aliphatic hydroxyl groups excluding tert-OH is 2. The summed E-state index contributed by atoms with van der Waals surface area (Å²) in [5, 5.41) is 23.5. The molecule has 0 saturated carbocycles. The van der Waals surface area contributed by atoms with E-state index in [0.29, 0.717) is 6.42 Å². The van der Waals surface area contributed by atoms with Crippen molar-refractivity contribution in [3.63, 3.8) is 0 Å². The van der Waals surface area contributed by atoms with E-state index in [2.05, 4.69) is 19.2 Å². The molecule has 0 aliphatic heterocycles. The van der Waals surface area contributed by atoms with Gasteiger partial charge in [-0.1, -0.05) is 257 Å². The molecule has 3 unspecified atom stereocenters. The molecule has 334 valence electrons. The molecule has 0 aromatic heterocycles. The number of aliphatic hydroxyl groups is 2. The van der Waals surface area contributed by atoms with Gasteiger partial charge < -0.3 is 15.5 Å². The summed E-state index contributed by atoms with van der Waals surface area (Å²) >= 11 is 0. The van der Waals surface area contributed by atoms with E-state index in [1.165, 1.54) is 205 Å². The van der Waals surface area contributed by atoms with Crippen molar-refractivity contribution < 1.29 is 28.0 Å². The molecule has 0 aromatic carbocycles. The van der Waals surface area contributed by atoms with Crippen LogP contribution in [-0.4, -0.2) is 53.1 Å². The quantitative estimate of drug-likeness (QED) is 0.0276. The van der Waals surface area contributed by atoms with Crippen LogP contribution in [0.4, 0.5) is 0 Å². The minimum atomic E-state index is -4.44. The second-order valence-electron chi connectivity index (χ2n) is 17.2. The molecular weight excluding hydrogens is 719 g/mol. The summed E-state index contributed by atoms with van der Waals surface area (Å²) in [5.74, 6) is -1.52. The maximum absolute atomic E-state index is 12.6. The molecule has 4 N–H and O–H groups in total. The number of hydrogen-bond acceptors (Lipinski definition) is 5. The summed E-state index contributed by atoms with van der Waals surface area (Å²) in [7, 11) is -4.44. The van der Waals surface area contributed by atoms with Crippen LogP contribution in [0, 0.1) is 0 Å². The Balaban J connectivity index is 3.90. The third-order valence-corrected chi connectivity index (χ3v) is 12.4. The van der Waals surface area contributed by atoms with Crippen LogP contribution in [0.1, 0.15) is 264 Å². The Morgan fingerprint density at radius 2 is 0.768 bits per heavy atom. The van der Waals surface area contributed by atoms with Crippen LogP contribution in [0.25, 0.3) is 0 Å². The summed E-state index contributed by atoms with van der Waals surface area (Å²) in [4.78, 5) is 12.6. The molecule has 0 aliphatic rings. The maximum atomic E-state index is 12.6. The largest absolute Gasteiger partial charge is 0.387 e. The lowest BCUT2D eigenvalue weighted by atomic mass is 10.0.